The standard InChI is InChI=1S/C12H14N2O6S/c1-2-20-10(16)6-8(15)7-14-12(17)9-4-3-5-13-11(9)21(14,18)19/h3-5,8,15H,2,6-7H2,1H3. The van der Waals surface area contributed by atoms with Crippen molar-refractivity contribution in [2.75, 3.05) is 13.2 Å². The molecule has 1 aromatic rings. The number of aliphatic hydroxyl groups is 1. The van der Waals surface area contributed by atoms with E-state index in [-0.39, 0.29) is 17.2 Å². The summed E-state index contributed by atoms with van der Waals surface area (Å²) >= 11 is 0. The van der Waals surface area contributed by atoms with Crippen molar-refractivity contribution in [1.29, 1.82) is 0 Å². The maximum atomic E-state index is 12.2. The van der Waals surface area contributed by atoms with E-state index in [4.69, 9.17) is 0 Å². The van der Waals surface area contributed by atoms with E-state index in [2.05, 4.69) is 9.72 Å². The summed E-state index contributed by atoms with van der Waals surface area (Å²) in [5, 5.41) is 9.42. The van der Waals surface area contributed by atoms with Gasteiger partial charge in [-0.1, -0.05) is 0 Å². The third-order valence-corrected chi connectivity index (χ3v) is 4.56. The number of nitrogens with zero attached hydrogens (tertiary/aromatic N) is 2. The van der Waals surface area contributed by atoms with Crippen molar-refractivity contribution in [3.8, 4) is 0 Å². The molecule has 0 saturated carbocycles. The number of hydrogen-bond acceptors (Lipinski definition) is 7. The van der Waals surface area contributed by atoms with Crippen LogP contribution in [-0.2, 0) is 19.6 Å². The minimum absolute atomic E-state index is 0.0409. The number of fused-ring (bicyclic) bond motifs is 1. The fourth-order valence-corrected chi connectivity index (χ4v) is 3.48. The van der Waals surface area contributed by atoms with E-state index >= 15 is 0 Å². The summed E-state index contributed by atoms with van der Waals surface area (Å²) in [4.78, 5) is 27.0. The molecule has 21 heavy (non-hydrogen) atoms. The molecule has 2 rings (SSSR count). The molecule has 0 aliphatic carbocycles. The first kappa shape index (κ1) is 15.4. The maximum absolute atomic E-state index is 12.2. The second-order valence-electron chi connectivity index (χ2n) is 4.36. The van der Waals surface area contributed by atoms with Crippen LogP contribution in [0.2, 0.25) is 0 Å². The molecular formula is C12H14N2O6S. The maximum Gasteiger partial charge on any atom is 0.308 e. The zero-order valence-electron chi connectivity index (χ0n) is 11.2. The number of pyridine rings is 1. The van der Waals surface area contributed by atoms with E-state index in [9.17, 15) is 23.1 Å². The number of esters is 1. The topological polar surface area (TPSA) is 114 Å². The molecule has 0 aromatic carbocycles. The number of carbonyl (C=O) groups is 2. The van der Waals surface area contributed by atoms with Gasteiger partial charge in [-0.3, -0.25) is 9.59 Å². The first-order valence-corrected chi connectivity index (χ1v) is 7.67. The molecule has 2 heterocycles. The smallest absolute Gasteiger partial charge is 0.308 e. The Labute approximate surface area is 121 Å². The van der Waals surface area contributed by atoms with E-state index in [0.29, 0.717) is 4.31 Å². The predicted octanol–water partition coefficient (Wildman–Crippen LogP) is -0.460. The van der Waals surface area contributed by atoms with Crippen LogP contribution in [0.1, 0.15) is 23.7 Å². The number of β-amino-alcohol motifs (C(OH)–C–C–N with tert-alkyl or cyclic N) is 1. The molecule has 0 saturated heterocycles. The zero-order valence-corrected chi connectivity index (χ0v) is 12.0. The number of aliphatic hydroxyl groups excluding tert-OH is 1. The molecule has 9 heteroatoms. The number of carbonyl (C=O) groups excluding carboxylic acids is 2. The fourth-order valence-electron chi connectivity index (χ4n) is 1.96. The highest BCUT2D eigenvalue weighted by Crippen LogP contribution is 2.28. The molecular weight excluding hydrogens is 300 g/mol. The van der Waals surface area contributed by atoms with E-state index in [1.54, 1.807) is 6.92 Å². The highest BCUT2D eigenvalue weighted by atomic mass is 32.2. The van der Waals surface area contributed by atoms with Crippen molar-refractivity contribution in [3.63, 3.8) is 0 Å². The lowest BCUT2D eigenvalue weighted by Gasteiger charge is -2.18. The molecule has 0 fully saturated rings. The molecule has 0 spiro atoms. The summed E-state index contributed by atoms with van der Waals surface area (Å²) < 4.78 is 29.5. The summed E-state index contributed by atoms with van der Waals surface area (Å²) in [5.74, 6) is -1.43. The van der Waals surface area contributed by atoms with Crippen LogP contribution in [0.5, 0.6) is 0 Å². The van der Waals surface area contributed by atoms with E-state index in [0.717, 1.165) is 0 Å². The number of amides is 1. The number of ether oxygens (including phenoxy) is 1. The van der Waals surface area contributed by atoms with Crippen LogP contribution in [-0.4, -0.2) is 53.9 Å². The van der Waals surface area contributed by atoms with Gasteiger partial charge in [-0.25, -0.2) is 9.29 Å². The molecule has 1 amide bonds. The van der Waals surface area contributed by atoms with Gasteiger partial charge in [0.2, 0.25) is 0 Å². The van der Waals surface area contributed by atoms with Crippen LogP contribution in [0.4, 0.5) is 0 Å². The Morgan fingerprint density at radius 1 is 1.52 bits per heavy atom. The van der Waals surface area contributed by atoms with Gasteiger partial charge in [0.1, 0.15) is 0 Å². The van der Waals surface area contributed by atoms with E-state index in [1.807, 2.05) is 0 Å². The summed E-state index contributed by atoms with van der Waals surface area (Å²) in [7, 11) is -4.08. The van der Waals surface area contributed by atoms with Crippen molar-refractivity contribution in [2.24, 2.45) is 0 Å². The Hall–Kier alpha value is -2.00. The quantitative estimate of drug-likeness (QED) is 0.731. The van der Waals surface area contributed by atoms with Crippen molar-refractivity contribution in [1.82, 2.24) is 9.29 Å². The van der Waals surface area contributed by atoms with Gasteiger partial charge in [-0.15, -0.1) is 0 Å². The molecule has 0 bridgehead atoms. The first-order valence-electron chi connectivity index (χ1n) is 6.23. The van der Waals surface area contributed by atoms with Gasteiger partial charge in [0, 0.05) is 6.20 Å². The average molecular weight is 314 g/mol. The predicted molar refractivity (Wildman–Crippen MR) is 69.7 cm³/mol. The number of hydrogen-bond donors (Lipinski definition) is 1. The Kier molecular flexibility index (Phi) is 4.24. The SMILES string of the molecule is CCOC(=O)CC(O)CN1C(=O)c2cccnc2S1(=O)=O. The third-order valence-electron chi connectivity index (χ3n) is 2.85. The van der Waals surface area contributed by atoms with Crippen LogP contribution in [0.3, 0.4) is 0 Å². The normalized spacial score (nSPS) is 17.4. The second-order valence-corrected chi connectivity index (χ2v) is 6.14. The number of aromatic nitrogens is 1. The van der Waals surface area contributed by atoms with Crippen molar-refractivity contribution >= 4 is 21.9 Å². The molecule has 114 valence electrons. The molecule has 1 aliphatic heterocycles. The van der Waals surface area contributed by atoms with Crippen molar-refractivity contribution < 1.29 is 27.9 Å². The third kappa shape index (κ3) is 2.88. The monoisotopic (exact) mass is 314 g/mol. The van der Waals surface area contributed by atoms with Gasteiger partial charge < -0.3 is 9.84 Å². The van der Waals surface area contributed by atoms with Crippen LogP contribution < -0.4 is 0 Å². The molecule has 1 N–H and O–H groups in total. The minimum Gasteiger partial charge on any atom is -0.466 e. The lowest BCUT2D eigenvalue weighted by molar-refractivity contribution is -0.145. The Balaban J connectivity index is 2.16. The summed E-state index contributed by atoms with van der Waals surface area (Å²) in [6.07, 6.45) is -0.462. The lowest BCUT2D eigenvalue weighted by Crippen LogP contribution is -2.38. The lowest BCUT2D eigenvalue weighted by atomic mass is 10.2. The van der Waals surface area contributed by atoms with Gasteiger partial charge in [0.15, 0.2) is 5.03 Å². The molecule has 1 unspecified atom stereocenters. The first-order chi connectivity index (χ1) is 9.87. The summed E-state index contributed by atoms with van der Waals surface area (Å²) in [6.45, 7) is 1.25. The number of rotatable bonds is 5. The summed E-state index contributed by atoms with van der Waals surface area (Å²) in [6, 6.07) is 2.80. The highest BCUT2D eigenvalue weighted by Gasteiger charge is 2.43. The van der Waals surface area contributed by atoms with Gasteiger partial charge in [-0.05, 0) is 19.1 Å². The van der Waals surface area contributed by atoms with Crippen molar-refractivity contribution in [2.45, 2.75) is 24.5 Å². The van der Waals surface area contributed by atoms with Gasteiger partial charge >= 0.3 is 5.97 Å². The molecule has 8 nitrogen and oxygen atoms in total. The summed E-state index contributed by atoms with van der Waals surface area (Å²) in [5.41, 5.74) is -0.0409. The fraction of sp³-hybridized carbons (Fsp3) is 0.417. The van der Waals surface area contributed by atoms with Gasteiger partial charge in [0.05, 0.1) is 31.2 Å². The van der Waals surface area contributed by atoms with Gasteiger partial charge in [0.25, 0.3) is 15.9 Å². The van der Waals surface area contributed by atoms with E-state index < -0.39 is 41.0 Å². The molecule has 0 radical (unpaired) electrons. The Morgan fingerprint density at radius 3 is 2.86 bits per heavy atom. The zero-order chi connectivity index (χ0) is 15.6. The average Bonchev–Trinajstić information content (AvgIpc) is 2.61. The van der Waals surface area contributed by atoms with Gasteiger partial charge in [-0.2, -0.15) is 8.42 Å². The number of sulfonamides is 1. The highest BCUT2D eigenvalue weighted by molar-refractivity contribution is 7.90. The molecule has 1 aliphatic rings. The Bertz CT molecular complexity index is 672. The largest absolute Gasteiger partial charge is 0.466 e. The van der Waals surface area contributed by atoms with E-state index in [1.165, 1.54) is 18.3 Å². The van der Waals surface area contributed by atoms with Crippen LogP contribution in [0.25, 0.3) is 0 Å². The second kappa shape index (κ2) is 5.78. The van der Waals surface area contributed by atoms with Crippen LogP contribution >= 0.6 is 0 Å². The molecule has 1 aromatic heterocycles. The minimum atomic E-state index is -4.08. The van der Waals surface area contributed by atoms with Crippen LogP contribution in [0.15, 0.2) is 23.4 Å². The van der Waals surface area contributed by atoms with Crippen molar-refractivity contribution in [3.05, 3.63) is 23.9 Å². The molecule has 1 atom stereocenters. The van der Waals surface area contributed by atoms with Crippen LogP contribution in [0, 0.1) is 0 Å². The Morgan fingerprint density at radius 2 is 2.24 bits per heavy atom.